The van der Waals surface area contributed by atoms with Crippen molar-refractivity contribution in [2.24, 2.45) is 0 Å². The number of fused-ring (bicyclic) bond motifs is 1. The van der Waals surface area contributed by atoms with E-state index in [1.165, 1.54) is 5.56 Å². The highest BCUT2D eigenvalue weighted by atomic mass is 16.1. The van der Waals surface area contributed by atoms with E-state index in [0.717, 1.165) is 17.6 Å². The molecule has 5 nitrogen and oxygen atoms in total. The number of nitrogens with one attached hydrogen (secondary N) is 2. The highest BCUT2D eigenvalue weighted by molar-refractivity contribution is 5.81. The lowest BCUT2D eigenvalue weighted by Crippen LogP contribution is -2.23. The van der Waals surface area contributed by atoms with Crippen molar-refractivity contribution in [1.29, 1.82) is 0 Å². The molecular formula is C16H24N4O. The van der Waals surface area contributed by atoms with Crippen LogP contribution in [0.2, 0.25) is 0 Å². The molecule has 0 saturated heterocycles. The number of rotatable bonds is 7. The number of pyridine rings is 1. The van der Waals surface area contributed by atoms with Crippen LogP contribution in [0.25, 0.3) is 11.0 Å². The fourth-order valence-corrected chi connectivity index (χ4v) is 2.33. The molecule has 2 N–H and O–H groups in total. The van der Waals surface area contributed by atoms with E-state index in [4.69, 9.17) is 0 Å². The summed E-state index contributed by atoms with van der Waals surface area (Å²) in [5.41, 5.74) is 2.17. The van der Waals surface area contributed by atoms with Crippen LogP contribution in [0.1, 0.15) is 32.8 Å². The summed E-state index contributed by atoms with van der Waals surface area (Å²) >= 11 is 0. The highest BCUT2D eigenvalue weighted by Crippen LogP contribution is 2.19. The average Bonchev–Trinajstić information content (AvgIpc) is 2.82. The molecule has 1 amide bonds. The Morgan fingerprint density at radius 3 is 2.95 bits per heavy atom. The minimum Gasteiger partial charge on any atom is -0.356 e. The van der Waals surface area contributed by atoms with Gasteiger partial charge in [-0.25, -0.2) is 4.98 Å². The lowest BCUT2D eigenvalue weighted by atomic mass is 10.2. The Balaban J connectivity index is 2.17. The number of carbonyl (C=O) groups is 1. The van der Waals surface area contributed by atoms with E-state index in [0.29, 0.717) is 25.6 Å². The minimum atomic E-state index is 0.0807. The Kier molecular flexibility index (Phi) is 5.33. The van der Waals surface area contributed by atoms with Crippen LogP contribution in [0.5, 0.6) is 0 Å². The van der Waals surface area contributed by atoms with Crippen LogP contribution in [0, 0.1) is 0 Å². The summed E-state index contributed by atoms with van der Waals surface area (Å²) in [6.45, 7) is 8.33. The van der Waals surface area contributed by atoms with Crippen molar-refractivity contribution in [3.05, 3.63) is 30.1 Å². The predicted octanol–water partition coefficient (Wildman–Crippen LogP) is 2.06. The Hall–Kier alpha value is -1.88. The molecule has 5 heteroatoms. The quantitative estimate of drug-likeness (QED) is 0.820. The molecule has 2 aromatic rings. The van der Waals surface area contributed by atoms with Gasteiger partial charge >= 0.3 is 0 Å². The molecule has 0 atom stereocenters. The van der Waals surface area contributed by atoms with Crippen LogP contribution in [0.15, 0.2) is 24.5 Å². The van der Waals surface area contributed by atoms with E-state index < -0.39 is 0 Å². The largest absolute Gasteiger partial charge is 0.356 e. The predicted molar refractivity (Wildman–Crippen MR) is 85.0 cm³/mol. The third kappa shape index (κ3) is 4.04. The second-order valence-electron chi connectivity index (χ2n) is 5.46. The van der Waals surface area contributed by atoms with Crippen LogP contribution < -0.4 is 10.6 Å². The van der Waals surface area contributed by atoms with Gasteiger partial charge in [-0.2, -0.15) is 0 Å². The van der Waals surface area contributed by atoms with E-state index in [1.807, 2.05) is 13.0 Å². The first kappa shape index (κ1) is 15.5. The summed E-state index contributed by atoms with van der Waals surface area (Å²) in [6, 6.07) is 4.48. The van der Waals surface area contributed by atoms with Gasteiger partial charge < -0.3 is 15.2 Å². The standard InChI is InChI=1S/C16H24N4O/c1-4-17-15(21)7-9-20-11-13(10-19-12(2)3)14-6-5-8-18-16(14)20/h5-6,8,11-12,19H,4,7,9-10H2,1-3H3,(H,17,21). The van der Waals surface area contributed by atoms with Crippen LogP contribution in [-0.2, 0) is 17.9 Å². The summed E-state index contributed by atoms with van der Waals surface area (Å²) in [5.74, 6) is 0.0807. The second kappa shape index (κ2) is 7.22. The molecule has 2 rings (SSSR count). The third-order valence-corrected chi connectivity index (χ3v) is 3.37. The average molecular weight is 288 g/mol. The molecule has 0 aliphatic carbocycles. The molecule has 0 aliphatic rings. The zero-order valence-electron chi connectivity index (χ0n) is 13.0. The molecule has 21 heavy (non-hydrogen) atoms. The molecule has 0 aliphatic heterocycles. The fraction of sp³-hybridized carbons (Fsp3) is 0.500. The molecule has 0 bridgehead atoms. The first-order valence-electron chi connectivity index (χ1n) is 7.54. The molecule has 0 fully saturated rings. The number of hydrogen-bond acceptors (Lipinski definition) is 3. The minimum absolute atomic E-state index is 0.0807. The molecule has 114 valence electrons. The summed E-state index contributed by atoms with van der Waals surface area (Å²) in [5, 5.41) is 7.41. The first-order chi connectivity index (χ1) is 10.1. The number of amides is 1. The smallest absolute Gasteiger partial charge is 0.221 e. The normalized spacial score (nSPS) is 11.2. The Morgan fingerprint density at radius 1 is 1.43 bits per heavy atom. The van der Waals surface area contributed by atoms with Crippen molar-refractivity contribution < 1.29 is 4.79 Å². The number of carbonyl (C=O) groups excluding carboxylic acids is 1. The van der Waals surface area contributed by atoms with E-state index in [-0.39, 0.29) is 5.91 Å². The van der Waals surface area contributed by atoms with Crippen molar-refractivity contribution in [2.75, 3.05) is 6.54 Å². The Bertz CT molecular complexity index is 603. The molecular weight excluding hydrogens is 264 g/mol. The fourth-order valence-electron chi connectivity index (χ4n) is 2.33. The SMILES string of the molecule is CCNC(=O)CCn1cc(CNC(C)C)c2cccnc21. The lowest BCUT2D eigenvalue weighted by Gasteiger charge is -2.06. The van der Waals surface area contributed by atoms with Gasteiger partial charge in [0, 0.05) is 49.9 Å². The zero-order valence-corrected chi connectivity index (χ0v) is 13.0. The van der Waals surface area contributed by atoms with Crippen molar-refractivity contribution in [2.45, 2.75) is 46.3 Å². The van der Waals surface area contributed by atoms with Crippen molar-refractivity contribution in [3.8, 4) is 0 Å². The van der Waals surface area contributed by atoms with Gasteiger partial charge in [0.25, 0.3) is 0 Å². The Labute approximate surface area is 125 Å². The van der Waals surface area contributed by atoms with Crippen molar-refractivity contribution >= 4 is 16.9 Å². The van der Waals surface area contributed by atoms with Gasteiger partial charge in [-0.3, -0.25) is 4.79 Å². The van der Waals surface area contributed by atoms with E-state index in [2.05, 4.69) is 46.3 Å². The van der Waals surface area contributed by atoms with E-state index in [9.17, 15) is 4.79 Å². The lowest BCUT2D eigenvalue weighted by molar-refractivity contribution is -0.121. The van der Waals surface area contributed by atoms with Gasteiger partial charge in [-0.1, -0.05) is 13.8 Å². The van der Waals surface area contributed by atoms with Crippen LogP contribution in [0.3, 0.4) is 0 Å². The highest BCUT2D eigenvalue weighted by Gasteiger charge is 2.10. The number of hydrogen-bond donors (Lipinski definition) is 2. The van der Waals surface area contributed by atoms with Gasteiger partial charge in [0.05, 0.1) is 0 Å². The van der Waals surface area contributed by atoms with Gasteiger partial charge in [-0.15, -0.1) is 0 Å². The monoisotopic (exact) mass is 288 g/mol. The number of aromatic nitrogens is 2. The van der Waals surface area contributed by atoms with Crippen LogP contribution in [-0.4, -0.2) is 28.0 Å². The van der Waals surface area contributed by atoms with Crippen LogP contribution >= 0.6 is 0 Å². The first-order valence-corrected chi connectivity index (χ1v) is 7.54. The molecule has 2 aromatic heterocycles. The number of nitrogens with zero attached hydrogens (tertiary/aromatic N) is 2. The zero-order chi connectivity index (χ0) is 15.2. The molecule has 0 aromatic carbocycles. The summed E-state index contributed by atoms with van der Waals surface area (Å²) in [4.78, 5) is 16.1. The van der Waals surface area contributed by atoms with Gasteiger partial charge in [-0.05, 0) is 24.6 Å². The molecule has 0 radical (unpaired) electrons. The van der Waals surface area contributed by atoms with Crippen molar-refractivity contribution in [1.82, 2.24) is 20.2 Å². The molecule has 0 unspecified atom stereocenters. The third-order valence-electron chi connectivity index (χ3n) is 3.37. The Morgan fingerprint density at radius 2 is 2.24 bits per heavy atom. The number of aryl methyl sites for hydroxylation is 1. The second-order valence-corrected chi connectivity index (χ2v) is 5.46. The van der Waals surface area contributed by atoms with E-state index >= 15 is 0 Å². The maximum absolute atomic E-state index is 11.6. The van der Waals surface area contributed by atoms with Gasteiger partial charge in [0.15, 0.2) is 0 Å². The molecule has 0 saturated carbocycles. The van der Waals surface area contributed by atoms with Gasteiger partial charge in [0.2, 0.25) is 5.91 Å². The topological polar surface area (TPSA) is 59.0 Å². The molecule has 2 heterocycles. The summed E-state index contributed by atoms with van der Waals surface area (Å²) in [7, 11) is 0. The maximum Gasteiger partial charge on any atom is 0.221 e. The summed E-state index contributed by atoms with van der Waals surface area (Å²) in [6.07, 6.45) is 4.38. The van der Waals surface area contributed by atoms with Gasteiger partial charge in [0.1, 0.15) is 5.65 Å². The maximum atomic E-state index is 11.6. The van der Waals surface area contributed by atoms with Crippen LogP contribution in [0.4, 0.5) is 0 Å². The summed E-state index contributed by atoms with van der Waals surface area (Å²) < 4.78 is 2.07. The molecule has 0 spiro atoms. The van der Waals surface area contributed by atoms with Crippen molar-refractivity contribution in [3.63, 3.8) is 0 Å². The van der Waals surface area contributed by atoms with E-state index in [1.54, 1.807) is 6.20 Å².